The number of ether oxygens (including phenoxy) is 1. The highest BCUT2D eigenvalue weighted by Gasteiger charge is 2.14. The molecule has 1 aromatic rings. The van der Waals surface area contributed by atoms with Crippen LogP contribution >= 0.6 is 11.6 Å². The van der Waals surface area contributed by atoms with Crippen LogP contribution in [0.15, 0.2) is 18.2 Å². The quantitative estimate of drug-likeness (QED) is 0.801. The van der Waals surface area contributed by atoms with Gasteiger partial charge < -0.3 is 10.1 Å². The van der Waals surface area contributed by atoms with Crippen molar-refractivity contribution >= 4 is 17.3 Å². The Morgan fingerprint density at radius 3 is 3.12 bits per heavy atom. The molecule has 0 amide bonds. The lowest BCUT2D eigenvalue weighted by Gasteiger charge is -2.11. The van der Waals surface area contributed by atoms with Gasteiger partial charge in [0, 0.05) is 13.2 Å². The maximum atomic E-state index is 6.12. The average molecular weight is 254 g/mol. The molecule has 1 aromatic carbocycles. The van der Waals surface area contributed by atoms with E-state index in [9.17, 15) is 0 Å². The highest BCUT2D eigenvalue weighted by atomic mass is 35.5. The minimum absolute atomic E-state index is 0.491. The first-order chi connectivity index (χ1) is 8.25. The molecule has 1 aliphatic heterocycles. The van der Waals surface area contributed by atoms with Crippen LogP contribution in [0.3, 0.4) is 0 Å². The molecular weight excluding hydrogens is 234 g/mol. The van der Waals surface area contributed by atoms with Gasteiger partial charge in [0.25, 0.3) is 0 Å². The summed E-state index contributed by atoms with van der Waals surface area (Å²) < 4.78 is 5.59. The largest absolute Gasteiger partial charge is 0.384 e. The molecule has 1 N–H and O–H groups in total. The molecule has 0 spiro atoms. The van der Waals surface area contributed by atoms with Crippen molar-refractivity contribution in [2.75, 3.05) is 18.5 Å². The number of hydrogen-bond donors (Lipinski definition) is 1. The van der Waals surface area contributed by atoms with E-state index in [0.717, 1.165) is 36.7 Å². The summed E-state index contributed by atoms with van der Waals surface area (Å²) in [6.45, 7) is 3.98. The molecule has 2 nitrogen and oxygen atoms in total. The molecule has 1 heterocycles. The van der Waals surface area contributed by atoms with Gasteiger partial charge in [-0.1, -0.05) is 17.7 Å². The van der Waals surface area contributed by atoms with Crippen molar-refractivity contribution in [1.82, 2.24) is 0 Å². The Balaban J connectivity index is 1.72. The Morgan fingerprint density at radius 2 is 2.35 bits per heavy atom. The molecule has 0 radical (unpaired) electrons. The van der Waals surface area contributed by atoms with Crippen molar-refractivity contribution in [2.45, 2.75) is 38.7 Å². The molecule has 1 saturated heterocycles. The summed E-state index contributed by atoms with van der Waals surface area (Å²) in [5.41, 5.74) is 2.27. The molecule has 0 aliphatic carbocycles. The fraction of sp³-hybridized carbons (Fsp3) is 0.571. The second-order valence-electron chi connectivity index (χ2n) is 4.69. The van der Waals surface area contributed by atoms with Crippen LogP contribution in [0.5, 0.6) is 0 Å². The van der Waals surface area contributed by atoms with Crippen LogP contribution in [0.4, 0.5) is 5.69 Å². The van der Waals surface area contributed by atoms with Crippen molar-refractivity contribution in [3.8, 4) is 0 Å². The van der Waals surface area contributed by atoms with Crippen molar-refractivity contribution in [3.63, 3.8) is 0 Å². The van der Waals surface area contributed by atoms with Gasteiger partial charge in [0.2, 0.25) is 0 Å². The second-order valence-corrected chi connectivity index (χ2v) is 5.09. The Labute approximate surface area is 108 Å². The van der Waals surface area contributed by atoms with E-state index in [-0.39, 0.29) is 0 Å². The molecule has 0 bridgehead atoms. The average Bonchev–Trinajstić information content (AvgIpc) is 2.82. The normalized spacial score (nSPS) is 19.5. The number of rotatable bonds is 5. The maximum Gasteiger partial charge on any atom is 0.0637 e. The fourth-order valence-corrected chi connectivity index (χ4v) is 2.38. The smallest absolute Gasteiger partial charge is 0.0637 e. The lowest BCUT2D eigenvalue weighted by atomic mass is 10.1. The molecule has 17 heavy (non-hydrogen) atoms. The number of aryl methyl sites for hydroxylation is 1. The predicted octanol–water partition coefficient (Wildman–Crippen LogP) is 4.02. The summed E-state index contributed by atoms with van der Waals surface area (Å²) in [5, 5.41) is 4.19. The number of hydrogen-bond acceptors (Lipinski definition) is 2. The summed E-state index contributed by atoms with van der Waals surface area (Å²) in [7, 11) is 0. The molecule has 0 aromatic heterocycles. The predicted molar refractivity (Wildman–Crippen MR) is 72.9 cm³/mol. The zero-order valence-corrected chi connectivity index (χ0v) is 11.1. The van der Waals surface area contributed by atoms with E-state index in [1.165, 1.54) is 18.4 Å². The van der Waals surface area contributed by atoms with Crippen molar-refractivity contribution in [2.24, 2.45) is 0 Å². The van der Waals surface area contributed by atoms with E-state index < -0.39 is 0 Å². The van der Waals surface area contributed by atoms with Gasteiger partial charge >= 0.3 is 0 Å². The van der Waals surface area contributed by atoms with Gasteiger partial charge in [-0.05, 0) is 50.3 Å². The Morgan fingerprint density at radius 1 is 1.47 bits per heavy atom. The van der Waals surface area contributed by atoms with Gasteiger partial charge in [-0.25, -0.2) is 0 Å². The van der Waals surface area contributed by atoms with Gasteiger partial charge in [0.05, 0.1) is 16.8 Å². The van der Waals surface area contributed by atoms with Crippen molar-refractivity contribution in [3.05, 3.63) is 28.8 Å². The van der Waals surface area contributed by atoms with E-state index in [2.05, 4.69) is 18.3 Å². The van der Waals surface area contributed by atoms with Gasteiger partial charge in [-0.2, -0.15) is 0 Å². The van der Waals surface area contributed by atoms with E-state index in [1.807, 2.05) is 12.1 Å². The van der Waals surface area contributed by atoms with Crippen LogP contribution in [-0.4, -0.2) is 19.3 Å². The summed E-state index contributed by atoms with van der Waals surface area (Å²) >= 11 is 6.12. The number of anilines is 1. The third kappa shape index (κ3) is 3.90. The van der Waals surface area contributed by atoms with Crippen LogP contribution < -0.4 is 5.32 Å². The lowest BCUT2D eigenvalue weighted by molar-refractivity contribution is 0.103. The second kappa shape index (κ2) is 6.27. The zero-order chi connectivity index (χ0) is 12.1. The lowest BCUT2D eigenvalue weighted by Crippen LogP contribution is -2.09. The van der Waals surface area contributed by atoms with Crippen molar-refractivity contribution in [1.29, 1.82) is 0 Å². The molecule has 1 atom stereocenters. The van der Waals surface area contributed by atoms with E-state index in [4.69, 9.17) is 16.3 Å². The first-order valence-electron chi connectivity index (χ1n) is 6.37. The summed E-state index contributed by atoms with van der Waals surface area (Å²) in [4.78, 5) is 0. The Bertz CT molecular complexity index is 361. The third-order valence-corrected chi connectivity index (χ3v) is 3.49. The zero-order valence-electron chi connectivity index (χ0n) is 10.3. The Hall–Kier alpha value is -0.730. The minimum atomic E-state index is 0.491. The fourth-order valence-electron chi connectivity index (χ4n) is 2.20. The van der Waals surface area contributed by atoms with Crippen LogP contribution in [-0.2, 0) is 4.74 Å². The van der Waals surface area contributed by atoms with Crippen molar-refractivity contribution < 1.29 is 4.74 Å². The molecule has 1 fully saturated rings. The maximum absolute atomic E-state index is 6.12. The van der Waals surface area contributed by atoms with Gasteiger partial charge in [0.15, 0.2) is 0 Å². The summed E-state index contributed by atoms with van der Waals surface area (Å²) in [6.07, 6.45) is 5.23. The molecule has 1 aliphatic rings. The van der Waals surface area contributed by atoms with Crippen LogP contribution in [0.25, 0.3) is 0 Å². The first-order valence-corrected chi connectivity index (χ1v) is 6.75. The van der Waals surface area contributed by atoms with Gasteiger partial charge in [0.1, 0.15) is 0 Å². The van der Waals surface area contributed by atoms with Crippen LogP contribution in [0, 0.1) is 6.92 Å². The van der Waals surface area contributed by atoms with Gasteiger partial charge in [-0.15, -0.1) is 0 Å². The SMILES string of the molecule is Cc1ccc(Cl)c(NCCCC2CCCO2)c1. The summed E-state index contributed by atoms with van der Waals surface area (Å²) in [6, 6.07) is 6.06. The number of benzene rings is 1. The Kier molecular flexibility index (Phi) is 4.69. The highest BCUT2D eigenvalue weighted by molar-refractivity contribution is 6.33. The number of nitrogens with one attached hydrogen (secondary N) is 1. The van der Waals surface area contributed by atoms with Crippen LogP contribution in [0.2, 0.25) is 5.02 Å². The highest BCUT2D eigenvalue weighted by Crippen LogP contribution is 2.23. The van der Waals surface area contributed by atoms with E-state index in [0.29, 0.717) is 6.10 Å². The topological polar surface area (TPSA) is 21.3 Å². The van der Waals surface area contributed by atoms with E-state index >= 15 is 0 Å². The molecular formula is C14H20ClNO. The monoisotopic (exact) mass is 253 g/mol. The first kappa shape index (κ1) is 12.7. The molecule has 0 saturated carbocycles. The molecule has 2 rings (SSSR count). The molecule has 3 heteroatoms. The third-order valence-electron chi connectivity index (χ3n) is 3.16. The van der Waals surface area contributed by atoms with Gasteiger partial charge in [-0.3, -0.25) is 0 Å². The van der Waals surface area contributed by atoms with E-state index in [1.54, 1.807) is 0 Å². The summed E-state index contributed by atoms with van der Waals surface area (Å²) in [5.74, 6) is 0. The molecule has 94 valence electrons. The van der Waals surface area contributed by atoms with Crippen LogP contribution in [0.1, 0.15) is 31.2 Å². The standard InChI is InChI=1S/C14H20ClNO/c1-11-6-7-13(15)14(10-11)16-8-2-4-12-5-3-9-17-12/h6-7,10,12,16H,2-5,8-9H2,1H3. The number of halogens is 1. The molecule has 1 unspecified atom stereocenters. The minimum Gasteiger partial charge on any atom is -0.384 e.